The van der Waals surface area contributed by atoms with Crippen LogP contribution in [0.15, 0.2) is 24.3 Å². The number of para-hydroxylation sites is 2. The van der Waals surface area contributed by atoms with Crippen LogP contribution in [0.25, 0.3) is 0 Å². The van der Waals surface area contributed by atoms with Crippen molar-refractivity contribution in [2.75, 3.05) is 33.4 Å². The van der Waals surface area contributed by atoms with Gasteiger partial charge < -0.3 is 19.5 Å². The summed E-state index contributed by atoms with van der Waals surface area (Å²) in [5.74, 6) is 0.257. The topological polar surface area (TPSA) is 103 Å². The van der Waals surface area contributed by atoms with E-state index in [0.29, 0.717) is 19.7 Å². The zero-order chi connectivity index (χ0) is 21.4. The van der Waals surface area contributed by atoms with Crippen LogP contribution in [0.5, 0.6) is 5.75 Å². The van der Waals surface area contributed by atoms with Crippen LogP contribution in [0.3, 0.4) is 0 Å². The Morgan fingerprint density at radius 1 is 1.34 bits per heavy atom. The third-order valence-electron chi connectivity index (χ3n) is 4.70. The number of methoxy groups -OCH3 is 1. The number of nitrogens with one attached hydrogen (secondary N) is 1. The molecule has 0 saturated carbocycles. The molecule has 1 aliphatic rings. The van der Waals surface area contributed by atoms with Crippen molar-refractivity contribution in [2.24, 2.45) is 0 Å². The summed E-state index contributed by atoms with van der Waals surface area (Å²) in [6, 6.07) is 6.40. The highest BCUT2D eigenvalue weighted by atomic mass is 16.6. The van der Waals surface area contributed by atoms with Gasteiger partial charge in [-0.3, -0.25) is 15.0 Å². The van der Waals surface area contributed by atoms with Crippen LogP contribution in [-0.2, 0) is 9.47 Å². The molecule has 0 spiro atoms. The van der Waals surface area contributed by atoms with Crippen LogP contribution < -0.4 is 10.1 Å². The van der Waals surface area contributed by atoms with Crippen molar-refractivity contribution in [2.45, 2.75) is 51.4 Å². The molecule has 0 unspecified atom stereocenters. The van der Waals surface area contributed by atoms with Crippen molar-refractivity contribution in [3.05, 3.63) is 34.4 Å². The van der Waals surface area contributed by atoms with Crippen LogP contribution in [0.2, 0.25) is 0 Å². The highest BCUT2D eigenvalue weighted by Crippen LogP contribution is 2.26. The third kappa shape index (κ3) is 7.51. The van der Waals surface area contributed by atoms with E-state index in [4.69, 9.17) is 14.2 Å². The molecule has 1 N–H and O–H groups in total. The summed E-state index contributed by atoms with van der Waals surface area (Å²) in [5, 5.41) is 13.9. The minimum absolute atomic E-state index is 0.0475. The SMILES string of the molecule is CO[C@H]1CCN(CCOc2ccccc2[N+](=O)[O-])[C@@H](CNC(=O)OC(C)(C)C)C1. The van der Waals surface area contributed by atoms with Gasteiger partial charge >= 0.3 is 11.8 Å². The first-order valence-corrected chi connectivity index (χ1v) is 9.79. The Balaban J connectivity index is 1.91. The van der Waals surface area contributed by atoms with E-state index >= 15 is 0 Å². The number of hydrogen-bond acceptors (Lipinski definition) is 7. The number of ether oxygens (including phenoxy) is 3. The van der Waals surface area contributed by atoms with E-state index in [0.717, 1.165) is 19.4 Å². The number of amides is 1. The molecule has 9 nitrogen and oxygen atoms in total. The fourth-order valence-corrected chi connectivity index (χ4v) is 3.30. The van der Waals surface area contributed by atoms with Gasteiger partial charge in [-0.25, -0.2) is 4.79 Å². The van der Waals surface area contributed by atoms with Crippen LogP contribution in [0, 0.1) is 10.1 Å². The van der Waals surface area contributed by atoms with Gasteiger partial charge in [0, 0.05) is 38.9 Å². The summed E-state index contributed by atoms with van der Waals surface area (Å²) >= 11 is 0. The quantitative estimate of drug-likeness (QED) is 0.520. The van der Waals surface area contributed by atoms with Crippen LogP contribution >= 0.6 is 0 Å². The second kappa shape index (κ2) is 10.4. The van der Waals surface area contributed by atoms with Gasteiger partial charge in [0.2, 0.25) is 0 Å². The summed E-state index contributed by atoms with van der Waals surface area (Å²) in [5.41, 5.74) is -0.599. The number of likely N-dealkylation sites (tertiary alicyclic amines) is 1. The molecule has 162 valence electrons. The van der Waals surface area contributed by atoms with Gasteiger partial charge in [-0.2, -0.15) is 0 Å². The van der Waals surface area contributed by atoms with Gasteiger partial charge in [-0.1, -0.05) is 12.1 Å². The summed E-state index contributed by atoms with van der Waals surface area (Å²) in [4.78, 5) is 24.9. The number of carbonyl (C=O) groups excluding carboxylic acids is 1. The van der Waals surface area contributed by atoms with E-state index in [1.807, 2.05) is 20.8 Å². The Morgan fingerprint density at radius 3 is 2.72 bits per heavy atom. The minimum Gasteiger partial charge on any atom is -0.485 e. The number of benzene rings is 1. The molecule has 0 aliphatic carbocycles. The molecule has 1 aromatic rings. The second-order valence-corrected chi connectivity index (χ2v) is 8.03. The van der Waals surface area contributed by atoms with Gasteiger partial charge in [0.05, 0.1) is 11.0 Å². The fraction of sp³-hybridized carbons (Fsp3) is 0.650. The highest BCUT2D eigenvalue weighted by molar-refractivity contribution is 5.67. The number of nitrogens with zero attached hydrogens (tertiary/aromatic N) is 2. The molecular weight excluding hydrogens is 378 g/mol. The molecule has 2 atom stereocenters. The molecule has 1 aromatic carbocycles. The van der Waals surface area contributed by atoms with Crippen molar-refractivity contribution in [3.63, 3.8) is 0 Å². The number of hydrogen-bond donors (Lipinski definition) is 1. The zero-order valence-electron chi connectivity index (χ0n) is 17.6. The van der Waals surface area contributed by atoms with Crippen LogP contribution in [0.4, 0.5) is 10.5 Å². The number of alkyl carbamates (subject to hydrolysis) is 1. The van der Waals surface area contributed by atoms with Gasteiger partial charge in [0.1, 0.15) is 12.2 Å². The first-order chi connectivity index (χ1) is 13.7. The lowest BCUT2D eigenvalue weighted by atomic mass is 9.99. The maximum Gasteiger partial charge on any atom is 0.407 e. The van der Waals surface area contributed by atoms with Crippen LogP contribution in [0.1, 0.15) is 33.6 Å². The number of nitro benzene ring substituents is 1. The minimum atomic E-state index is -0.552. The van der Waals surface area contributed by atoms with E-state index in [2.05, 4.69) is 10.2 Å². The molecular formula is C20H31N3O6. The normalized spacial score (nSPS) is 20.1. The van der Waals surface area contributed by atoms with E-state index in [1.54, 1.807) is 25.3 Å². The predicted molar refractivity (Wildman–Crippen MR) is 108 cm³/mol. The molecule has 29 heavy (non-hydrogen) atoms. The lowest BCUT2D eigenvalue weighted by Gasteiger charge is -2.39. The monoisotopic (exact) mass is 409 g/mol. The number of nitro groups is 1. The summed E-state index contributed by atoms with van der Waals surface area (Å²) in [6.07, 6.45) is 1.34. The fourth-order valence-electron chi connectivity index (χ4n) is 3.30. The first-order valence-electron chi connectivity index (χ1n) is 9.79. The highest BCUT2D eigenvalue weighted by Gasteiger charge is 2.29. The van der Waals surface area contributed by atoms with Gasteiger partial charge in [0.25, 0.3) is 0 Å². The number of piperidine rings is 1. The molecule has 2 rings (SSSR count). The molecule has 1 aliphatic heterocycles. The Kier molecular flexibility index (Phi) is 8.21. The van der Waals surface area contributed by atoms with Crippen molar-refractivity contribution in [1.29, 1.82) is 0 Å². The summed E-state index contributed by atoms with van der Waals surface area (Å²) < 4.78 is 16.5. The average Bonchev–Trinajstić information content (AvgIpc) is 2.66. The largest absolute Gasteiger partial charge is 0.485 e. The lowest BCUT2D eigenvalue weighted by molar-refractivity contribution is -0.385. The predicted octanol–water partition coefficient (Wildman–Crippen LogP) is 2.98. The van der Waals surface area contributed by atoms with Crippen LogP contribution in [-0.4, -0.2) is 67.0 Å². The van der Waals surface area contributed by atoms with Crippen molar-refractivity contribution in [1.82, 2.24) is 10.2 Å². The zero-order valence-corrected chi connectivity index (χ0v) is 17.6. The average molecular weight is 409 g/mol. The molecule has 0 radical (unpaired) electrons. The maximum absolute atomic E-state index is 12.0. The molecule has 0 bridgehead atoms. The van der Waals surface area contributed by atoms with Gasteiger partial charge in [0.15, 0.2) is 5.75 Å². The molecule has 1 fully saturated rings. The molecule has 1 heterocycles. The van der Waals surface area contributed by atoms with Crippen molar-refractivity contribution in [3.8, 4) is 5.75 Å². The van der Waals surface area contributed by atoms with E-state index in [1.165, 1.54) is 6.07 Å². The summed E-state index contributed by atoms with van der Waals surface area (Å²) in [6.45, 7) is 7.58. The van der Waals surface area contributed by atoms with E-state index < -0.39 is 16.6 Å². The third-order valence-corrected chi connectivity index (χ3v) is 4.70. The maximum atomic E-state index is 12.0. The van der Waals surface area contributed by atoms with Gasteiger partial charge in [-0.05, 0) is 39.7 Å². The second-order valence-electron chi connectivity index (χ2n) is 8.03. The number of carbonyl (C=O) groups is 1. The standard InChI is InChI=1S/C20H31N3O6/c1-20(2,3)29-19(24)21-14-15-13-16(27-4)9-10-22(15)11-12-28-18-8-6-5-7-17(18)23(25)26/h5-8,15-16H,9-14H2,1-4H3,(H,21,24)/t15-,16+/m1/s1. The Labute approximate surface area is 171 Å². The smallest absolute Gasteiger partial charge is 0.407 e. The Hall–Kier alpha value is -2.39. The lowest BCUT2D eigenvalue weighted by Crippen LogP contribution is -2.51. The Bertz CT molecular complexity index is 691. The van der Waals surface area contributed by atoms with E-state index in [-0.39, 0.29) is 23.6 Å². The Morgan fingerprint density at radius 2 is 2.07 bits per heavy atom. The van der Waals surface area contributed by atoms with E-state index in [9.17, 15) is 14.9 Å². The van der Waals surface area contributed by atoms with Crippen molar-refractivity contribution < 1.29 is 23.9 Å². The molecule has 9 heteroatoms. The first kappa shape index (κ1) is 22.9. The summed E-state index contributed by atoms with van der Waals surface area (Å²) in [7, 11) is 1.69. The molecule has 0 aromatic heterocycles. The van der Waals surface area contributed by atoms with Crippen molar-refractivity contribution >= 4 is 11.8 Å². The number of rotatable bonds is 8. The molecule has 1 saturated heterocycles. The van der Waals surface area contributed by atoms with Gasteiger partial charge in [-0.15, -0.1) is 0 Å². The molecule has 1 amide bonds.